The number of methoxy groups -OCH3 is 1. The van der Waals surface area contributed by atoms with Gasteiger partial charge in [-0.25, -0.2) is 4.39 Å². The quantitative estimate of drug-likeness (QED) is 0.860. The largest absolute Gasteiger partial charge is 0.497 e. The molecule has 0 heterocycles. The van der Waals surface area contributed by atoms with Crippen LogP contribution in [0.5, 0.6) is 17.2 Å². The van der Waals surface area contributed by atoms with Crippen LogP contribution in [0.25, 0.3) is 0 Å². The summed E-state index contributed by atoms with van der Waals surface area (Å²) in [5, 5.41) is 9.77. The summed E-state index contributed by atoms with van der Waals surface area (Å²) >= 11 is 3.40. The van der Waals surface area contributed by atoms with E-state index in [1.165, 1.54) is 6.07 Å². The summed E-state index contributed by atoms with van der Waals surface area (Å²) < 4.78 is 25.3. The third-order valence-corrected chi connectivity index (χ3v) is 3.72. The molecule has 0 aliphatic heterocycles. The van der Waals surface area contributed by atoms with E-state index in [1.807, 2.05) is 0 Å². The second kappa shape index (κ2) is 6.45. The lowest BCUT2D eigenvalue weighted by molar-refractivity contribution is 0.195. The van der Waals surface area contributed by atoms with Crippen molar-refractivity contribution in [2.24, 2.45) is 0 Å². The average molecular weight is 355 g/mol. The number of ether oxygens (including phenoxy) is 2. The number of rotatable bonds is 4. The average Bonchev–Trinajstić information content (AvgIpc) is 2.44. The van der Waals surface area contributed by atoms with Gasteiger partial charge in [0.1, 0.15) is 23.1 Å². The zero-order valence-corrected chi connectivity index (χ0v) is 13.6. The van der Waals surface area contributed by atoms with Gasteiger partial charge in [0, 0.05) is 5.56 Å². The number of aryl methyl sites for hydroxylation is 1. The molecule has 0 amide bonds. The Morgan fingerprint density at radius 2 is 1.90 bits per heavy atom. The molecule has 0 fully saturated rings. The normalized spacial score (nSPS) is 12.1. The molecule has 0 bridgehead atoms. The number of hydrogen-bond acceptors (Lipinski definition) is 3. The lowest BCUT2D eigenvalue weighted by atomic mass is 10.1. The van der Waals surface area contributed by atoms with Crippen LogP contribution in [0.1, 0.15) is 24.2 Å². The lowest BCUT2D eigenvalue weighted by Gasteiger charge is -2.16. The van der Waals surface area contributed by atoms with E-state index >= 15 is 0 Å². The van der Waals surface area contributed by atoms with Gasteiger partial charge in [-0.15, -0.1) is 0 Å². The number of halogens is 2. The predicted octanol–water partition coefficient (Wildman–Crippen LogP) is 4.75. The molecule has 21 heavy (non-hydrogen) atoms. The van der Waals surface area contributed by atoms with Crippen molar-refractivity contribution in [3.8, 4) is 17.2 Å². The SMILES string of the molecule is COc1ccc(Oc2cc(C)c(F)cc2[C@H](C)O)c(Br)c1. The summed E-state index contributed by atoms with van der Waals surface area (Å²) in [5.41, 5.74) is 0.861. The third kappa shape index (κ3) is 3.54. The maximum atomic E-state index is 13.6. The van der Waals surface area contributed by atoms with Crippen LogP contribution in [-0.2, 0) is 0 Å². The summed E-state index contributed by atoms with van der Waals surface area (Å²) in [4.78, 5) is 0. The first-order chi connectivity index (χ1) is 9.92. The maximum Gasteiger partial charge on any atom is 0.141 e. The highest BCUT2D eigenvalue weighted by Gasteiger charge is 2.15. The Labute approximate surface area is 131 Å². The maximum absolute atomic E-state index is 13.6. The fraction of sp³-hybridized carbons (Fsp3) is 0.250. The molecule has 0 unspecified atom stereocenters. The third-order valence-electron chi connectivity index (χ3n) is 3.10. The van der Waals surface area contributed by atoms with E-state index in [0.29, 0.717) is 32.8 Å². The van der Waals surface area contributed by atoms with Crippen LogP contribution in [-0.4, -0.2) is 12.2 Å². The topological polar surface area (TPSA) is 38.7 Å². The van der Waals surface area contributed by atoms with Crippen molar-refractivity contribution in [2.75, 3.05) is 7.11 Å². The molecule has 2 rings (SSSR count). The fourth-order valence-corrected chi connectivity index (χ4v) is 2.33. The van der Waals surface area contributed by atoms with E-state index in [0.717, 1.165) is 0 Å². The molecular weight excluding hydrogens is 339 g/mol. The van der Waals surface area contributed by atoms with Gasteiger partial charge in [-0.2, -0.15) is 0 Å². The molecule has 0 saturated carbocycles. The summed E-state index contributed by atoms with van der Waals surface area (Å²) in [6.07, 6.45) is -0.827. The molecule has 0 saturated heterocycles. The Morgan fingerprint density at radius 3 is 2.48 bits per heavy atom. The van der Waals surface area contributed by atoms with E-state index < -0.39 is 6.10 Å². The van der Waals surface area contributed by atoms with Gasteiger partial charge in [0.05, 0.1) is 17.7 Å². The molecule has 0 spiro atoms. The first-order valence-electron chi connectivity index (χ1n) is 6.42. The van der Waals surface area contributed by atoms with E-state index in [4.69, 9.17) is 9.47 Å². The fourth-order valence-electron chi connectivity index (χ4n) is 1.90. The molecule has 2 aromatic rings. The molecule has 0 aliphatic rings. The molecule has 0 aliphatic carbocycles. The summed E-state index contributed by atoms with van der Waals surface area (Å²) in [6.45, 7) is 3.22. The Balaban J connectivity index is 2.41. The standard InChI is InChI=1S/C16H16BrFO3/c1-9-6-16(12(10(2)19)8-14(9)18)21-15-5-4-11(20-3)7-13(15)17/h4-8,10,19H,1-3H3/t10-/m0/s1. The van der Waals surface area contributed by atoms with Crippen LogP contribution < -0.4 is 9.47 Å². The lowest BCUT2D eigenvalue weighted by Crippen LogP contribution is -1.99. The monoisotopic (exact) mass is 354 g/mol. The van der Waals surface area contributed by atoms with Crippen LogP contribution in [0, 0.1) is 12.7 Å². The number of benzene rings is 2. The Hall–Kier alpha value is -1.59. The second-order valence-electron chi connectivity index (χ2n) is 4.71. The first kappa shape index (κ1) is 15.8. The molecule has 0 aromatic heterocycles. The molecule has 1 atom stereocenters. The van der Waals surface area contributed by atoms with Crippen molar-refractivity contribution >= 4 is 15.9 Å². The summed E-state index contributed by atoms with van der Waals surface area (Å²) in [6, 6.07) is 8.15. The van der Waals surface area contributed by atoms with Crippen LogP contribution >= 0.6 is 15.9 Å². The van der Waals surface area contributed by atoms with Crippen molar-refractivity contribution in [2.45, 2.75) is 20.0 Å². The molecule has 2 aromatic carbocycles. The number of aliphatic hydroxyl groups excluding tert-OH is 1. The van der Waals surface area contributed by atoms with E-state index in [1.54, 1.807) is 45.2 Å². The van der Waals surface area contributed by atoms with E-state index in [9.17, 15) is 9.50 Å². The van der Waals surface area contributed by atoms with Crippen LogP contribution in [0.15, 0.2) is 34.8 Å². The molecule has 5 heteroatoms. The van der Waals surface area contributed by atoms with Gasteiger partial charge < -0.3 is 14.6 Å². The van der Waals surface area contributed by atoms with Gasteiger partial charge in [-0.05, 0) is 65.7 Å². The zero-order valence-electron chi connectivity index (χ0n) is 12.0. The number of aliphatic hydroxyl groups is 1. The Bertz CT molecular complexity index is 656. The molecular formula is C16H16BrFO3. The van der Waals surface area contributed by atoms with Gasteiger partial charge >= 0.3 is 0 Å². The molecule has 3 nitrogen and oxygen atoms in total. The van der Waals surface area contributed by atoms with Gasteiger partial charge in [0.15, 0.2) is 0 Å². The van der Waals surface area contributed by atoms with Crippen LogP contribution in [0.3, 0.4) is 0 Å². The zero-order chi connectivity index (χ0) is 15.6. The van der Waals surface area contributed by atoms with Crippen molar-refractivity contribution in [1.82, 2.24) is 0 Å². The second-order valence-corrected chi connectivity index (χ2v) is 5.57. The van der Waals surface area contributed by atoms with Crippen molar-refractivity contribution < 1.29 is 19.0 Å². The van der Waals surface area contributed by atoms with E-state index in [2.05, 4.69) is 15.9 Å². The minimum atomic E-state index is -0.827. The van der Waals surface area contributed by atoms with Crippen molar-refractivity contribution in [3.63, 3.8) is 0 Å². The first-order valence-corrected chi connectivity index (χ1v) is 7.21. The highest BCUT2D eigenvalue weighted by molar-refractivity contribution is 9.10. The predicted molar refractivity (Wildman–Crippen MR) is 82.5 cm³/mol. The Morgan fingerprint density at radius 1 is 1.19 bits per heavy atom. The molecule has 0 radical (unpaired) electrons. The highest BCUT2D eigenvalue weighted by Crippen LogP contribution is 2.36. The summed E-state index contributed by atoms with van der Waals surface area (Å²) in [5.74, 6) is 1.31. The Kier molecular flexibility index (Phi) is 4.85. The van der Waals surface area contributed by atoms with Crippen LogP contribution in [0.4, 0.5) is 4.39 Å². The van der Waals surface area contributed by atoms with Gasteiger partial charge in [-0.3, -0.25) is 0 Å². The highest BCUT2D eigenvalue weighted by atomic mass is 79.9. The van der Waals surface area contributed by atoms with Crippen LogP contribution in [0.2, 0.25) is 0 Å². The van der Waals surface area contributed by atoms with Gasteiger partial charge in [0.2, 0.25) is 0 Å². The van der Waals surface area contributed by atoms with Gasteiger partial charge in [-0.1, -0.05) is 0 Å². The smallest absolute Gasteiger partial charge is 0.141 e. The van der Waals surface area contributed by atoms with Crippen molar-refractivity contribution in [3.05, 3.63) is 51.7 Å². The number of hydrogen-bond donors (Lipinski definition) is 1. The molecule has 1 N–H and O–H groups in total. The summed E-state index contributed by atoms with van der Waals surface area (Å²) in [7, 11) is 1.58. The minimum absolute atomic E-state index is 0.368. The minimum Gasteiger partial charge on any atom is -0.497 e. The molecule has 112 valence electrons. The van der Waals surface area contributed by atoms with E-state index in [-0.39, 0.29) is 5.82 Å². The van der Waals surface area contributed by atoms with Gasteiger partial charge in [0.25, 0.3) is 0 Å². The van der Waals surface area contributed by atoms with Crippen molar-refractivity contribution in [1.29, 1.82) is 0 Å².